The second-order valence-electron chi connectivity index (χ2n) is 7.67. The zero-order valence-corrected chi connectivity index (χ0v) is 17.4. The number of aryl methyl sites for hydroxylation is 2. The lowest BCUT2D eigenvalue weighted by Crippen LogP contribution is -2.30. The first-order chi connectivity index (χ1) is 15.0. The van der Waals surface area contributed by atoms with Crippen LogP contribution in [0.1, 0.15) is 39.0 Å². The van der Waals surface area contributed by atoms with E-state index in [-0.39, 0.29) is 17.1 Å². The molecule has 0 bridgehead atoms. The van der Waals surface area contributed by atoms with Gasteiger partial charge in [0.1, 0.15) is 17.2 Å². The Morgan fingerprint density at radius 2 is 1.81 bits per heavy atom. The Morgan fingerprint density at radius 1 is 1.00 bits per heavy atom. The molecule has 0 fully saturated rings. The normalized spacial score (nSPS) is 15.4. The molecule has 2 aromatic heterocycles. The summed E-state index contributed by atoms with van der Waals surface area (Å²) in [5.41, 5.74) is 2.96. The van der Waals surface area contributed by atoms with E-state index in [4.69, 9.17) is 9.15 Å². The van der Waals surface area contributed by atoms with Gasteiger partial charge in [-0.25, -0.2) is 4.98 Å². The molecule has 1 atom stereocenters. The van der Waals surface area contributed by atoms with E-state index in [0.717, 1.165) is 16.8 Å². The highest BCUT2D eigenvalue weighted by molar-refractivity contribution is 6.10. The Kier molecular flexibility index (Phi) is 4.36. The third kappa shape index (κ3) is 2.99. The molecular weight excluding hydrogens is 392 g/mol. The molecule has 0 radical (unpaired) electrons. The summed E-state index contributed by atoms with van der Waals surface area (Å²) in [5, 5.41) is 0.457. The molecule has 0 saturated heterocycles. The van der Waals surface area contributed by atoms with E-state index < -0.39 is 6.04 Å². The van der Waals surface area contributed by atoms with Crippen LogP contribution in [0.3, 0.4) is 0 Å². The van der Waals surface area contributed by atoms with Crippen molar-refractivity contribution in [1.29, 1.82) is 0 Å². The molecule has 6 nitrogen and oxygen atoms in total. The first-order valence-corrected chi connectivity index (χ1v) is 9.96. The van der Waals surface area contributed by atoms with E-state index in [1.54, 1.807) is 25.3 Å². The lowest BCUT2D eigenvalue weighted by molar-refractivity contribution is 0.0970. The second-order valence-corrected chi connectivity index (χ2v) is 7.67. The highest BCUT2D eigenvalue weighted by atomic mass is 16.5. The average molecular weight is 412 g/mol. The first kappa shape index (κ1) is 19.1. The van der Waals surface area contributed by atoms with Crippen LogP contribution < -0.4 is 15.1 Å². The fourth-order valence-corrected chi connectivity index (χ4v) is 4.11. The van der Waals surface area contributed by atoms with Gasteiger partial charge in [0, 0.05) is 5.69 Å². The first-order valence-electron chi connectivity index (χ1n) is 9.96. The molecule has 0 N–H and O–H groups in total. The van der Waals surface area contributed by atoms with Gasteiger partial charge in [0.05, 0.1) is 24.1 Å². The summed E-state index contributed by atoms with van der Waals surface area (Å²) in [4.78, 5) is 33.2. The molecular formula is C25H20N2O4. The molecule has 4 aromatic rings. The summed E-state index contributed by atoms with van der Waals surface area (Å²) in [6.07, 6.45) is 0. The molecule has 0 spiro atoms. The van der Waals surface area contributed by atoms with Gasteiger partial charge >= 0.3 is 0 Å². The number of amides is 1. The van der Waals surface area contributed by atoms with Crippen LogP contribution in [-0.2, 0) is 0 Å². The van der Waals surface area contributed by atoms with Crippen LogP contribution in [0.2, 0.25) is 0 Å². The Morgan fingerprint density at radius 3 is 2.58 bits per heavy atom. The number of methoxy groups -OCH3 is 1. The minimum Gasteiger partial charge on any atom is -0.497 e. The molecule has 1 aliphatic rings. The number of fused-ring (bicyclic) bond motifs is 2. The highest BCUT2D eigenvalue weighted by Gasteiger charge is 2.44. The maximum absolute atomic E-state index is 13.6. The van der Waals surface area contributed by atoms with E-state index in [0.29, 0.717) is 28.1 Å². The minimum absolute atomic E-state index is 0.0532. The number of carbonyl (C=O) groups excluding carboxylic acids is 1. The molecule has 154 valence electrons. The van der Waals surface area contributed by atoms with E-state index in [9.17, 15) is 9.59 Å². The van der Waals surface area contributed by atoms with Crippen molar-refractivity contribution in [2.75, 3.05) is 12.0 Å². The van der Waals surface area contributed by atoms with E-state index in [1.807, 2.05) is 56.3 Å². The number of aromatic nitrogens is 1. The Bertz CT molecular complexity index is 1410. The zero-order chi connectivity index (χ0) is 21.7. The molecule has 0 saturated carbocycles. The van der Waals surface area contributed by atoms with Gasteiger partial charge in [-0.2, -0.15) is 0 Å². The van der Waals surface area contributed by atoms with Crippen molar-refractivity contribution in [3.05, 3.63) is 99.0 Å². The van der Waals surface area contributed by atoms with Gasteiger partial charge in [0.25, 0.3) is 5.91 Å². The predicted octanol–water partition coefficient (Wildman–Crippen LogP) is 4.56. The lowest BCUT2D eigenvalue weighted by atomic mass is 9.98. The number of benzene rings is 2. The van der Waals surface area contributed by atoms with Crippen LogP contribution in [0.5, 0.6) is 5.75 Å². The second kappa shape index (κ2) is 7.09. The van der Waals surface area contributed by atoms with E-state index >= 15 is 0 Å². The molecule has 5 rings (SSSR count). The molecule has 1 aliphatic heterocycles. The van der Waals surface area contributed by atoms with Crippen LogP contribution in [0.15, 0.2) is 69.9 Å². The SMILES string of the molecule is COc1cccc(C2c3c(oc4ccc(C)cc4c3=O)C(=O)N2c2cccc(C)n2)c1. The summed E-state index contributed by atoms with van der Waals surface area (Å²) in [7, 11) is 1.58. The van der Waals surface area contributed by atoms with Crippen molar-refractivity contribution in [3.63, 3.8) is 0 Å². The van der Waals surface area contributed by atoms with E-state index in [2.05, 4.69) is 4.98 Å². The number of rotatable bonds is 3. The summed E-state index contributed by atoms with van der Waals surface area (Å²) < 4.78 is 11.4. The topological polar surface area (TPSA) is 72.6 Å². The maximum atomic E-state index is 13.6. The number of nitrogens with zero attached hydrogens (tertiary/aromatic N) is 2. The largest absolute Gasteiger partial charge is 0.497 e. The molecule has 1 amide bonds. The molecule has 3 heterocycles. The number of pyridine rings is 1. The number of ether oxygens (including phenoxy) is 1. The highest BCUT2D eigenvalue weighted by Crippen LogP contribution is 2.41. The van der Waals surface area contributed by atoms with Crippen molar-refractivity contribution in [2.24, 2.45) is 0 Å². The standard InChI is InChI=1S/C25H20N2O4/c1-14-10-11-19-18(12-14)23(28)21-22(16-7-5-8-17(13-16)30-3)27(25(29)24(21)31-19)20-9-4-6-15(2)26-20/h4-13,22H,1-3H3. The van der Waals surface area contributed by atoms with Crippen molar-refractivity contribution in [1.82, 2.24) is 4.98 Å². The van der Waals surface area contributed by atoms with Gasteiger partial charge in [-0.1, -0.05) is 29.8 Å². The lowest BCUT2D eigenvalue weighted by Gasteiger charge is -2.24. The number of hydrogen-bond donors (Lipinski definition) is 0. The Hall–Kier alpha value is -3.93. The van der Waals surface area contributed by atoms with Crippen molar-refractivity contribution >= 4 is 22.7 Å². The van der Waals surface area contributed by atoms with Gasteiger partial charge in [-0.3, -0.25) is 14.5 Å². The van der Waals surface area contributed by atoms with Crippen LogP contribution in [0, 0.1) is 13.8 Å². The molecule has 31 heavy (non-hydrogen) atoms. The number of carbonyl (C=O) groups is 1. The average Bonchev–Trinajstić information content (AvgIpc) is 3.07. The van der Waals surface area contributed by atoms with Gasteiger partial charge in [0.2, 0.25) is 5.76 Å². The van der Waals surface area contributed by atoms with Crippen LogP contribution in [-0.4, -0.2) is 18.0 Å². The van der Waals surface area contributed by atoms with Gasteiger partial charge < -0.3 is 9.15 Å². The minimum atomic E-state index is -0.673. The monoisotopic (exact) mass is 412 g/mol. The summed E-state index contributed by atoms with van der Waals surface area (Å²) in [6.45, 7) is 3.78. The summed E-state index contributed by atoms with van der Waals surface area (Å²) in [5.74, 6) is 0.762. The molecule has 0 aliphatic carbocycles. The third-order valence-electron chi connectivity index (χ3n) is 5.56. The number of hydrogen-bond acceptors (Lipinski definition) is 5. The van der Waals surface area contributed by atoms with Crippen molar-refractivity contribution in [3.8, 4) is 5.75 Å². The fraction of sp³-hybridized carbons (Fsp3) is 0.160. The predicted molar refractivity (Wildman–Crippen MR) is 118 cm³/mol. The Balaban J connectivity index is 1.83. The van der Waals surface area contributed by atoms with Crippen LogP contribution >= 0.6 is 0 Å². The Labute approximate surface area is 178 Å². The smallest absolute Gasteiger partial charge is 0.296 e. The molecule has 1 unspecified atom stereocenters. The molecule has 6 heteroatoms. The van der Waals surface area contributed by atoms with E-state index in [1.165, 1.54) is 4.90 Å². The maximum Gasteiger partial charge on any atom is 0.296 e. The zero-order valence-electron chi connectivity index (χ0n) is 17.4. The van der Waals surface area contributed by atoms with Crippen molar-refractivity contribution < 1.29 is 13.9 Å². The van der Waals surface area contributed by atoms with Crippen LogP contribution in [0.25, 0.3) is 11.0 Å². The van der Waals surface area contributed by atoms with Gasteiger partial charge in [-0.05, 0) is 55.8 Å². The summed E-state index contributed by atoms with van der Waals surface area (Å²) in [6, 6.07) is 17.5. The van der Waals surface area contributed by atoms with Crippen LogP contribution in [0.4, 0.5) is 5.82 Å². The molecule has 2 aromatic carbocycles. The third-order valence-corrected chi connectivity index (χ3v) is 5.56. The van der Waals surface area contributed by atoms with Gasteiger partial charge in [0.15, 0.2) is 5.43 Å². The van der Waals surface area contributed by atoms with Crippen molar-refractivity contribution in [2.45, 2.75) is 19.9 Å². The quantitative estimate of drug-likeness (QED) is 0.493. The number of anilines is 1. The summed E-state index contributed by atoms with van der Waals surface area (Å²) >= 11 is 0. The van der Waals surface area contributed by atoms with Gasteiger partial charge in [-0.15, -0.1) is 0 Å². The fourth-order valence-electron chi connectivity index (χ4n) is 4.11.